The second-order valence-electron chi connectivity index (χ2n) is 5.63. The Morgan fingerprint density at radius 3 is 2.50 bits per heavy atom. The van der Waals surface area contributed by atoms with Gasteiger partial charge in [-0.2, -0.15) is 5.10 Å². The zero-order chi connectivity index (χ0) is 16.9. The molecule has 0 bridgehead atoms. The molecule has 0 aliphatic rings. The zero-order valence-electron chi connectivity index (χ0n) is 13.9. The SMILES string of the molecule is COc1ccccc1CCc1nc([C@@H](O)c2ccccc2)nn1C. The lowest BCUT2D eigenvalue weighted by molar-refractivity contribution is 0.209. The molecule has 5 heteroatoms. The van der Waals surface area contributed by atoms with Gasteiger partial charge >= 0.3 is 0 Å². The number of para-hydroxylation sites is 1. The van der Waals surface area contributed by atoms with E-state index in [2.05, 4.69) is 16.1 Å². The van der Waals surface area contributed by atoms with Gasteiger partial charge in [-0.25, -0.2) is 4.98 Å². The highest BCUT2D eigenvalue weighted by atomic mass is 16.5. The van der Waals surface area contributed by atoms with E-state index in [1.165, 1.54) is 0 Å². The third-order valence-electron chi connectivity index (χ3n) is 4.04. The van der Waals surface area contributed by atoms with Crippen molar-refractivity contribution in [1.82, 2.24) is 14.8 Å². The number of benzene rings is 2. The van der Waals surface area contributed by atoms with Crippen molar-refractivity contribution in [2.24, 2.45) is 7.05 Å². The molecule has 0 unspecified atom stereocenters. The molecule has 0 spiro atoms. The van der Waals surface area contributed by atoms with Crippen LogP contribution in [0.5, 0.6) is 5.75 Å². The summed E-state index contributed by atoms with van der Waals surface area (Å²) >= 11 is 0. The van der Waals surface area contributed by atoms with Gasteiger partial charge in [-0.1, -0.05) is 48.5 Å². The summed E-state index contributed by atoms with van der Waals surface area (Å²) < 4.78 is 7.12. The van der Waals surface area contributed by atoms with Crippen molar-refractivity contribution in [3.05, 3.63) is 77.4 Å². The minimum absolute atomic E-state index is 0.429. The highest BCUT2D eigenvalue weighted by Crippen LogP contribution is 2.21. The molecule has 3 aromatic rings. The Kier molecular flexibility index (Phi) is 4.91. The van der Waals surface area contributed by atoms with Crippen molar-refractivity contribution < 1.29 is 9.84 Å². The van der Waals surface area contributed by atoms with Crippen LogP contribution in [-0.2, 0) is 19.9 Å². The quantitative estimate of drug-likeness (QED) is 0.758. The summed E-state index contributed by atoms with van der Waals surface area (Å²) in [5.74, 6) is 2.15. The first-order valence-electron chi connectivity index (χ1n) is 7.93. The number of aliphatic hydroxyl groups excluding tert-OH is 1. The van der Waals surface area contributed by atoms with Gasteiger partial charge < -0.3 is 9.84 Å². The average Bonchev–Trinajstić information content (AvgIpc) is 3.01. The summed E-state index contributed by atoms with van der Waals surface area (Å²) in [7, 11) is 3.53. The highest BCUT2D eigenvalue weighted by Gasteiger charge is 2.17. The van der Waals surface area contributed by atoms with Gasteiger partial charge in [0.25, 0.3) is 0 Å². The number of aliphatic hydroxyl groups is 1. The second-order valence-corrected chi connectivity index (χ2v) is 5.63. The van der Waals surface area contributed by atoms with E-state index >= 15 is 0 Å². The number of hydrogen-bond acceptors (Lipinski definition) is 4. The molecular formula is C19H21N3O2. The Hall–Kier alpha value is -2.66. The topological polar surface area (TPSA) is 60.2 Å². The van der Waals surface area contributed by atoms with Crippen LogP contribution < -0.4 is 4.74 Å². The minimum Gasteiger partial charge on any atom is -0.496 e. The molecule has 0 radical (unpaired) electrons. The molecule has 2 aromatic carbocycles. The number of hydrogen-bond donors (Lipinski definition) is 1. The first-order valence-corrected chi connectivity index (χ1v) is 7.93. The molecule has 1 atom stereocenters. The van der Waals surface area contributed by atoms with E-state index in [1.807, 2.05) is 55.6 Å². The summed E-state index contributed by atoms with van der Waals surface area (Å²) in [5, 5.41) is 14.8. The Labute approximate surface area is 141 Å². The van der Waals surface area contributed by atoms with Crippen LogP contribution in [0.4, 0.5) is 0 Å². The van der Waals surface area contributed by atoms with E-state index < -0.39 is 6.10 Å². The van der Waals surface area contributed by atoms with Gasteiger partial charge in [0.2, 0.25) is 0 Å². The number of rotatable bonds is 6. The molecule has 0 saturated carbocycles. The monoisotopic (exact) mass is 323 g/mol. The van der Waals surface area contributed by atoms with Crippen molar-refractivity contribution in [2.75, 3.05) is 7.11 Å². The fraction of sp³-hybridized carbons (Fsp3) is 0.263. The standard InChI is InChI=1S/C19H21N3O2/c1-22-17(13-12-14-8-6-7-11-16(14)24-2)20-19(21-22)18(23)15-9-4-3-5-10-15/h3-11,18,23H,12-13H2,1-2H3/t18-/m0/s1. The van der Waals surface area contributed by atoms with E-state index in [0.717, 1.165) is 35.5 Å². The largest absolute Gasteiger partial charge is 0.496 e. The molecule has 124 valence electrons. The van der Waals surface area contributed by atoms with Crippen LogP contribution in [0.2, 0.25) is 0 Å². The number of methoxy groups -OCH3 is 1. The fourth-order valence-corrected chi connectivity index (χ4v) is 2.71. The summed E-state index contributed by atoms with van der Waals surface area (Å²) in [6, 6.07) is 17.4. The third kappa shape index (κ3) is 3.46. The van der Waals surface area contributed by atoms with Crippen LogP contribution in [0.1, 0.15) is 28.9 Å². The molecule has 0 aliphatic carbocycles. The van der Waals surface area contributed by atoms with Gasteiger partial charge in [-0.3, -0.25) is 4.68 Å². The first kappa shape index (κ1) is 16.2. The molecular weight excluding hydrogens is 302 g/mol. The minimum atomic E-state index is -0.808. The van der Waals surface area contributed by atoms with E-state index in [-0.39, 0.29) is 0 Å². The predicted octanol–water partition coefficient (Wildman–Crippen LogP) is 2.69. The van der Waals surface area contributed by atoms with E-state index in [4.69, 9.17) is 4.74 Å². The Bertz CT molecular complexity index is 799. The molecule has 5 nitrogen and oxygen atoms in total. The molecule has 1 aromatic heterocycles. The van der Waals surface area contributed by atoms with Crippen molar-refractivity contribution in [2.45, 2.75) is 18.9 Å². The lowest BCUT2D eigenvalue weighted by Gasteiger charge is -2.07. The average molecular weight is 323 g/mol. The van der Waals surface area contributed by atoms with Crippen LogP contribution >= 0.6 is 0 Å². The molecule has 24 heavy (non-hydrogen) atoms. The van der Waals surface area contributed by atoms with Gasteiger partial charge in [-0.15, -0.1) is 0 Å². The Balaban J connectivity index is 1.75. The molecule has 0 saturated heterocycles. The normalized spacial score (nSPS) is 12.1. The van der Waals surface area contributed by atoms with Gasteiger partial charge in [-0.05, 0) is 23.6 Å². The number of nitrogens with zero attached hydrogens (tertiary/aromatic N) is 3. The fourth-order valence-electron chi connectivity index (χ4n) is 2.71. The highest BCUT2D eigenvalue weighted by molar-refractivity contribution is 5.33. The van der Waals surface area contributed by atoms with Gasteiger partial charge in [0.1, 0.15) is 17.7 Å². The molecule has 0 aliphatic heterocycles. The second kappa shape index (κ2) is 7.27. The maximum atomic E-state index is 10.4. The van der Waals surface area contributed by atoms with Crippen LogP contribution in [0.3, 0.4) is 0 Å². The van der Waals surface area contributed by atoms with E-state index in [0.29, 0.717) is 5.82 Å². The first-order chi connectivity index (χ1) is 11.7. The van der Waals surface area contributed by atoms with Crippen molar-refractivity contribution in [1.29, 1.82) is 0 Å². The summed E-state index contributed by atoms with van der Waals surface area (Å²) in [4.78, 5) is 4.52. The summed E-state index contributed by atoms with van der Waals surface area (Å²) in [6.07, 6.45) is 0.723. The summed E-state index contributed by atoms with van der Waals surface area (Å²) in [6.45, 7) is 0. The molecule has 0 amide bonds. The maximum absolute atomic E-state index is 10.4. The van der Waals surface area contributed by atoms with Crippen molar-refractivity contribution in [3.8, 4) is 5.75 Å². The van der Waals surface area contributed by atoms with Gasteiger partial charge in [0.15, 0.2) is 5.82 Å². The Morgan fingerprint density at radius 2 is 1.75 bits per heavy atom. The van der Waals surface area contributed by atoms with Crippen LogP contribution in [0.25, 0.3) is 0 Å². The lowest BCUT2D eigenvalue weighted by atomic mass is 10.1. The van der Waals surface area contributed by atoms with Gasteiger partial charge in [0.05, 0.1) is 7.11 Å². The number of ether oxygens (including phenoxy) is 1. The summed E-state index contributed by atoms with van der Waals surface area (Å²) in [5.41, 5.74) is 1.92. The molecule has 0 fully saturated rings. The molecule has 1 N–H and O–H groups in total. The van der Waals surface area contributed by atoms with E-state index in [9.17, 15) is 5.11 Å². The lowest BCUT2D eigenvalue weighted by Crippen LogP contribution is -2.03. The van der Waals surface area contributed by atoms with Crippen LogP contribution in [-0.4, -0.2) is 27.0 Å². The third-order valence-corrected chi connectivity index (χ3v) is 4.04. The number of aryl methyl sites for hydroxylation is 3. The smallest absolute Gasteiger partial charge is 0.183 e. The maximum Gasteiger partial charge on any atom is 0.183 e. The number of aromatic nitrogens is 3. The van der Waals surface area contributed by atoms with Gasteiger partial charge in [0, 0.05) is 13.5 Å². The Morgan fingerprint density at radius 1 is 1.04 bits per heavy atom. The van der Waals surface area contributed by atoms with Crippen LogP contribution in [0.15, 0.2) is 54.6 Å². The van der Waals surface area contributed by atoms with E-state index in [1.54, 1.807) is 11.8 Å². The van der Waals surface area contributed by atoms with Crippen LogP contribution in [0, 0.1) is 0 Å². The van der Waals surface area contributed by atoms with Crippen molar-refractivity contribution in [3.63, 3.8) is 0 Å². The molecule has 3 rings (SSSR count). The zero-order valence-corrected chi connectivity index (χ0v) is 13.9. The predicted molar refractivity (Wildman–Crippen MR) is 91.9 cm³/mol. The molecule has 1 heterocycles. The van der Waals surface area contributed by atoms with Crippen molar-refractivity contribution >= 4 is 0 Å².